The Bertz CT molecular complexity index is 669. The average Bonchev–Trinajstić information content (AvgIpc) is 2.47. The Kier molecular flexibility index (Phi) is 3.29. The third kappa shape index (κ3) is 2.45. The number of para-hydroxylation sites is 1. The van der Waals surface area contributed by atoms with Crippen LogP contribution in [0.5, 0.6) is 0 Å². The molecule has 1 aliphatic rings. The van der Waals surface area contributed by atoms with E-state index in [9.17, 15) is 5.26 Å². The normalized spacial score (nSPS) is 22.4. The van der Waals surface area contributed by atoms with Crippen molar-refractivity contribution in [3.8, 4) is 6.07 Å². The predicted octanol–water partition coefficient (Wildman–Crippen LogP) is 3.09. The van der Waals surface area contributed by atoms with E-state index in [1.165, 1.54) is 0 Å². The standard InChI is InChI=1S/C16H17N3O/c1-16(7-4-8-20-11-16)19-15-13(10-17)9-12-5-2-3-6-14(12)18-15/h2-3,5-6,9H,4,7-8,11H2,1H3,(H,18,19). The molecule has 1 saturated heterocycles. The number of pyridine rings is 1. The Morgan fingerprint density at radius 3 is 3.00 bits per heavy atom. The first kappa shape index (κ1) is 12.9. The zero-order valence-corrected chi connectivity index (χ0v) is 11.5. The molecular formula is C16H17N3O. The molecule has 20 heavy (non-hydrogen) atoms. The summed E-state index contributed by atoms with van der Waals surface area (Å²) in [6.07, 6.45) is 2.05. The quantitative estimate of drug-likeness (QED) is 0.908. The molecule has 102 valence electrons. The summed E-state index contributed by atoms with van der Waals surface area (Å²) in [5.74, 6) is 0.652. The fraction of sp³-hybridized carbons (Fsp3) is 0.375. The Balaban J connectivity index is 1.99. The highest BCUT2D eigenvalue weighted by Crippen LogP contribution is 2.27. The molecule has 1 N–H and O–H groups in total. The zero-order chi connectivity index (χ0) is 14.0. The van der Waals surface area contributed by atoms with Gasteiger partial charge in [0, 0.05) is 12.0 Å². The van der Waals surface area contributed by atoms with Crippen molar-refractivity contribution in [3.05, 3.63) is 35.9 Å². The number of hydrogen-bond donors (Lipinski definition) is 1. The molecule has 1 atom stereocenters. The maximum absolute atomic E-state index is 9.33. The van der Waals surface area contributed by atoms with Crippen LogP contribution in [0.1, 0.15) is 25.3 Å². The van der Waals surface area contributed by atoms with Gasteiger partial charge in [-0.2, -0.15) is 5.26 Å². The van der Waals surface area contributed by atoms with Crippen LogP contribution in [0.2, 0.25) is 0 Å². The number of nitrogens with zero attached hydrogens (tertiary/aromatic N) is 2. The highest BCUT2D eigenvalue weighted by atomic mass is 16.5. The van der Waals surface area contributed by atoms with Gasteiger partial charge in [0.15, 0.2) is 0 Å². The largest absolute Gasteiger partial charge is 0.379 e. The second kappa shape index (κ2) is 5.10. The van der Waals surface area contributed by atoms with Gasteiger partial charge in [0.1, 0.15) is 11.9 Å². The van der Waals surface area contributed by atoms with Crippen molar-refractivity contribution in [2.75, 3.05) is 18.5 Å². The first-order chi connectivity index (χ1) is 9.70. The molecule has 2 aromatic rings. The summed E-state index contributed by atoms with van der Waals surface area (Å²) in [6.45, 7) is 3.57. The number of ether oxygens (including phenoxy) is 1. The van der Waals surface area contributed by atoms with Crippen LogP contribution < -0.4 is 5.32 Å². The Hall–Kier alpha value is -2.12. The van der Waals surface area contributed by atoms with E-state index in [1.807, 2.05) is 30.3 Å². The van der Waals surface area contributed by atoms with Crippen molar-refractivity contribution in [2.45, 2.75) is 25.3 Å². The SMILES string of the molecule is CC1(Nc2nc3ccccc3cc2C#N)CCCOC1. The van der Waals surface area contributed by atoms with Crippen LogP contribution in [0, 0.1) is 11.3 Å². The van der Waals surface area contributed by atoms with Crippen molar-refractivity contribution in [1.82, 2.24) is 4.98 Å². The molecule has 1 aliphatic heterocycles. The van der Waals surface area contributed by atoms with E-state index in [0.29, 0.717) is 18.0 Å². The van der Waals surface area contributed by atoms with Gasteiger partial charge in [-0.3, -0.25) is 0 Å². The molecule has 0 amide bonds. The van der Waals surface area contributed by atoms with Gasteiger partial charge in [0.05, 0.1) is 23.2 Å². The molecule has 0 saturated carbocycles. The molecule has 0 spiro atoms. The Labute approximate surface area is 118 Å². The van der Waals surface area contributed by atoms with Gasteiger partial charge in [0.25, 0.3) is 0 Å². The molecule has 1 aromatic heterocycles. The summed E-state index contributed by atoms with van der Waals surface area (Å²) in [4.78, 5) is 4.60. The first-order valence-corrected chi connectivity index (χ1v) is 6.86. The van der Waals surface area contributed by atoms with Gasteiger partial charge in [0.2, 0.25) is 0 Å². The van der Waals surface area contributed by atoms with Crippen LogP contribution in [0.25, 0.3) is 10.9 Å². The van der Waals surface area contributed by atoms with E-state index in [0.717, 1.165) is 30.4 Å². The third-order valence-corrected chi connectivity index (χ3v) is 3.70. The molecule has 0 aliphatic carbocycles. The van der Waals surface area contributed by atoms with Gasteiger partial charge in [-0.1, -0.05) is 18.2 Å². The second-order valence-electron chi connectivity index (χ2n) is 5.53. The van der Waals surface area contributed by atoms with Crippen molar-refractivity contribution in [3.63, 3.8) is 0 Å². The van der Waals surface area contributed by atoms with Crippen LogP contribution >= 0.6 is 0 Å². The highest BCUT2D eigenvalue weighted by molar-refractivity contribution is 5.82. The van der Waals surface area contributed by atoms with E-state index < -0.39 is 0 Å². The van der Waals surface area contributed by atoms with Crippen molar-refractivity contribution >= 4 is 16.7 Å². The Morgan fingerprint density at radius 2 is 2.25 bits per heavy atom. The lowest BCUT2D eigenvalue weighted by molar-refractivity contribution is 0.0539. The fourth-order valence-corrected chi connectivity index (χ4v) is 2.61. The summed E-state index contributed by atoms with van der Waals surface area (Å²) in [7, 11) is 0. The number of rotatable bonds is 2. The summed E-state index contributed by atoms with van der Waals surface area (Å²) >= 11 is 0. The maximum atomic E-state index is 9.33. The lowest BCUT2D eigenvalue weighted by atomic mass is 9.94. The number of fused-ring (bicyclic) bond motifs is 1. The van der Waals surface area contributed by atoms with E-state index >= 15 is 0 Å². The smallest absolute Gasteiger partial charge is 0.145 e. The predicted molar refractivity (Wildman–Crippen MR) is 78.5 cm³/mol. The van der Waals surface area contributed by atoms with Crippen molar-refractivity contribution in [1.29, 1.82) is 5.26 Å². The lowest BCUT2D eigenvalue weighted by Crippen LogP contribution is -2.43. The molecule has 4 nitrogen and oxygen atoms in total. The molecule has 4 heteroatoms. The zero-order valence-electron chi connectivity index (χ0n) is 11.5. The summed E-state index contributed by atoms with van der Waals surface area (Å²) in [6, 6.07) is 12.0. The molecule has 0 bridgehead atoms. The number of aromatic nitrogens is 1. The first-order valence-electron chi connectivity index (χ1n) is 6.86. The summed E-state index contributed by atoms with van der Waals surface area (Å²) in [5, 5.41) is 13.7. The van der Waals surface area contributed by atoms with Gasteiger partial charge < -0.3 is 10.1 Å². The molecule has 1 aromatic carbocycles. The molecule has 1 unspecified atom stereocenters. The minimum absolute atomic E-state index is 0.153. The van der Waals surface area contributed by atoms with E-state index in [-0.39, 0.29) is 5.54 Å². The number of hydrogen-bond acceptors (Lipinski definition) is 4. The van der Waals surface area contributed by atoms with Crippen LogP contribution in [-0.4, -0.2) is 23.7 Å². The maximum Gasteiger partial charge on any atom is 0.145 e. The average molecular weight is 267 g/mol. The van der Waals surface area contributed by atoms with Crippen molar-refractivity contribution in [2.24, 2.45) is 0 Å². The van der Waals surface area contributed by atoms with Crippen molar-refractivity contribution < 1.29 is 4.74 Å². The highest BCUT2D eigenvalue weighted by Gasteiger charge is 2.28. The van der Waals surface area contributed by atoms with Gasteiger partial charge in [-0.25, -0.2) is 4.98 Å². The summed E-state index contributed by atoms with van der Waals surface area (Å²) < 4.78 is 5.55. The monoisotopic (exact) mass is 267 g/mol. The molecule has 0 radical (unpaired) electrons. The molecular weight excluding hydrogens is 250 g/mol. The molecule has 2 heterocycles. The minimum Gasteiger partial charge on any atom is -0.379 e. The molecule has 1 fully saturated rings. The van der Waals surface area contributed by atoms with Crippen LogP contribution in [0.3, 0.4) is 0 Å². The van der Waals surface area contributed by atoms with Gasteiger partial charge >= 0.3 is 0 Å². The van der Waals surface area contributed by atoms with Gasteiger partial charge in [-0.05, 0) is 31.9 Å². The third-order valence-electron chi connectivity index (χ3n) is 3.70. The molecule has 3 rings (SSSR count). The van der Waals surface area contributed by atoms with E-state index in [1.54, 1.807) is 0 Å². The van der Waals surface area contributed by atoms with Crippen LogP contribution in [0.4, 0.5) is 5.82 Å². The lowest BCUT2D eigenvalue weighted by Gasteiger charge is -2.35. The minimum atomic E-state index is -0.153. The number of benzene rings is 1. The summed E-state index contributed by atoms with van der Waals surface area (Å²) in [5.41, 5.74) is 1.32. The number of anilines is 1. The topological polar surface area (TPSA) is 57.9 Å². The van der Waals surface area contributed by atoms with Crippen LogP contribution in [0.15, 0.2) is 30.3 Å². The Morgan fingerprint density at radius 1 is 1.40 bits per heavy atom. The van der Waals surface area contributed by atoms with E-state index in [4.69, 9.17) is 4.74 Å². The van der Waals surface area contributed by atoms with Crippen LogP contribution in [-0.2, 0) is 4.74 Å². The number of nitriles is 1. The van der Waals surface area contributed by atoms with E-state index in [2.05, 4.69) is 23.3 Å². The van der Waals surface area contributed by atoms with Gasteiger partial charge in [-0.15, -0.1) is 0 Å². The number of nitrogens with one attached hydrogen (secondary N) is 1. The second-order valence-corrected chi connectivity index (χ2v) is 5.53. The fourth-order valence-electron chi connectivity index (χ4n) is 2.61.